The molecule has 0 aliphatic carbocycles. The Morgan fingerprint density at radius 1 is 1.19 bits per heavy atom. The molecule has 0 saturated carbocycles. The van der Waals surface area contributed by atoms with Crippen molar-refractivity contribution in [3.05, 3.63) is 53.9 Å². The molecule has 8 heteroatoms. The van der Waals surface area contributed by atoms with Crippen molar-refractivity contribution < 1.29 is 14.3 Å². The SMILES string of the molecule is CC(C)c1cc(C(=O)OCC(=O)N(CC#N)c2ccccc2)c2cnn(C(C)C)c2n1. The zero-order chi connectivity index (χ0) is 22.5. The van der Waals surface area contributed by atoms with Gasteiger partial charge in [0, 0.05) is 17.4 Å². The van der Waals surface area contributed by atoms with Crippen LogP contribution >= 0.6 is 0 Å². The summed E-state index contributed by atoms with van der Waals surface area (Å²) in [5.74, 6) is -1.01. The summed E-state index contributed by atoms with van der Waals surface area (Å²) in [7, 11) is 0. The van der Waals surface area contributed by atoms with Crippen LogP contribution in [0.3, 0.4) is 0 Å². The molecule has 0 aliphatic rings. The van der Waals surface area contributed by atoms with Crippen LogP contribution in [0.25, 0.3) is 11.0 Å². The number of carbonyl (C=O) groups excluding carboxylic acids is 2. The van der Waals surface area contributed by atoms with Crippen molar-refractivity contribution in [2.24, 2.45) is 0 Å². The van der Waals surface area contributed by atoms with Gasteiger partial charge >= 0.3 is 5.97 Å². The van der Waals surface area contributed by atoms with Crippen molar-refractivity contribution in [1.82, 2.24) is 14.8 Å². The van der Waals surface area contributed by atoms with Crippen LogP contribution in [0.1, 0.15) is 55.7 Å². The molecule has 3 aromatic rings. The fourth-order valence-corrected chi connectivity index (χ4v) is 3.17. The minimum Gasteiger partial charge on any atom is -0.452 e. The number of anilines is 1. The lowest BCUT2D eigenvalue weighted by Gasteiger charge is -2.19. The standard InChI is InChI=1S/C23H25N5O3/c1-15(2)20-12-18(19-13-25-28(16(3)4)22(19)26-20)23(30)31-14-21(29)27(11-10-24)17-8-6-5-7-9-17/h5-9,12-13,15-16H,11,14H2,1-4H3. The minimum absolute atomic E-state index is 0.0725. The van der Waals surface area contributed by atoms with Crippen molar-refractivity contribution in [2.75, 3.05) is 18.1 Å². The number of benzene rings is 1. The summed E-state index contributed by atoms with van der Waals surface area (Å²) in [5.41, 5.74) is 2.23. The molecule has 1 amide bonds. The number of aromatic nitrogens is 3. The molecule has 8 nitrogen and oxygen atoms in total. The van der Waals surface area contributed by atoms with E-state index in [4.69, 9.17) is 10.00 Å². The summed E-state index contributed by atoms with van der Waals surface area (Å²) in [5, 5.41) is 14.0. The van der Waals surface area contributed by atoms with E-state index in [0.29, 0.717) is 22.3 Å². The van der Waals surface area contributed by atoms with E-state index in [1.165, 1.54) is 4.90 Å². The number of esters is 1. The number of para-hydroxylation sites is 1. The van der Waals surface area contributed by atoms with E-state index in [9.17, 15) is 9.59 Å². The number of hydrogen-bond acceptors (Lipinski definition) is 6. The van der Waals surface area contributed by atoms with E-state index >= 15 is 0 Å². The molecule has 0 atom stereocenters. The van der Waals surface area contributed by atoms with Gasteiger partial charge in [-0.25, -0.2) is 14.5 Å². The lowest BCUT2D eigenvalue weighted by atomic mass is 10.1. The van der Waals surface area contributed by atoms with E-state index in [-0.39, 0.29) is 18.5 Å². The van der Waals surface area contributed by atoms with Gasteiger partial charge in [-0.3, -0.25) is 9.69 Å². The third-order valence-electron chi connectivity index (χ3n) is 4.81. The molecule has 0 spiro atoms. The molecule has 1 aromatic carbocycles. The summed E-state index contributed by atoms with van der Waals surface area (Å²) in [6, 6.07) is 12.5. The minimum atomic E-state index is -0.629. The molecule has 0 N–H and O–H groups in total. The average Bonchev–Trinajstić information content (AvgIpc) is 3.19. The molecular formula is C23H25N5O3. The van der Waals surface area contributed by atoms with Gasteiger partial charge in [0.1, 0.15) is 6.54 Å². The molecule has 3 rings (SSSR count). The third-order valence-corrected chi connectivity index (χ3v) is 4.81. The van der Waals surface area contributed by atoms with Crippen LogP contribution in [0.2, 0.25) is 0 Å². The smallest absolute Gasteiger partial charge is 0.339 e. The maximum Gasteiger partial charge on any atom is 0.339 e. The Hall–Kier alpha value is -3.73. The number of nitriles is 1. The summed E-state index contributed by atoms with van der Waals surface area (Å²) in [6.07, 6.45) is 1.59. The van der Waals surface area contributed by atoms with Crippen LogP contribution in [0, 0.1) is 11.3 Å². The van der Waals surface area contributed by atoms with Crippen LogP contribution < -0.4 is 4.90 Å². The zero-order valence-electron chi connectivity index (χ0n) is 18.1. The Labute approximate surface area is 181 Å². The molecule has 0 bridgehead atoms. The van der Waals surface area contributed by atoms with Gasteiger partial charge in [0.15, 0.2) is 12.3 Å². The lowest BCUT2D eigenvalue weighted by Crippen LogP contribution is -2.35. The van der Waals surface area contributed by atoms with Gasteiger partial charge < -0.3 is 4.74 Å². The van der Waals surface area contributed by atoms with Gasteiger partial charge in [0.2, 0.25) is 0 Å². The molecule has 2 aromatic heterocycles. The lowest BCUT2D eigenvalue weighted by molar-refractivity contribution is -0.121. The molecule has 0 radical (unpaired) electrons. The van der Waals surface area contributed by atoms with Gasteiger partial charge in [0.05, 0.1) is 23.2 Å². The first-order chi connectivity index (χ1) is 14.8. The Morgan fingerprint density at radius 2 is 1.90 bits per heavy atom. The number of amides is 1. The predicted octanol–water partition coefficient (Wildman–Crippen LogP) is 3.85. The van der Waals surface area contributed by atoms with Crippen LogP contribution in [0.5, 0.6) is 0 Å². The normalized spacial score (nSPS) is 11.0. The maximum absolute atomic E-state index is 12.9. The van der Waals surface area contributed by atoms with E-state index < -0.39 is 18.5 Å². The van der Waals surface area contributed by atoms with E-state index in [0.717, 1.165) is 5.69 Å². The van der Waals surface area contributed by atoms with Crippen molar-refractivity contribution >= 4 is 28.6 Å². The summed E-state index contributed by atoms with van der Waals surface area (Å²) in [4.78, 5) is 31.5. The highest BCUT2D eigenvalue weighted by molar-refractivity contribution is 6.04. The number of ether oxygens (including phenoxy) is 1. The second-order valence-corrected chi connectivity index (χ2v) is 7.72. The molecular weight excluding hydrogens is 394 g/mol. The predicted molar refractivity (Wildman–Crippen MR) is 117 cm³/mol. The van der Waals surface area contributed by atoms with E-state index in [1.54, 1.807) is 41.2 Å². The Morgan fingerprint density at radius 3 is 2.52 bits per heavy atom. The van der Waals surface area contributed by atoms with Crippen molar-refractivity contribution in [2.45, 2.75) is 39.7 Å². The largest absolute Gasteiger partial charge is 0.452 e. The second kappa shape index (κ2) is 9.39. The number of pyridine rings is 1. The molecule has 0 unspecified atom stereocenters. The van der Waals surface area contributed by atoms with Crippen LogP contribution in [-0.2, 0) is 9.53 Å². The number of fused-ring (bicyclic) bond motifs is 1. The Kier molecular flexibility index (Phi) is 6.65. The zero-order valence-corrected chi connectivity index (χ0v) is 18.1. The molecule has 0 fully saturated rings. The summed E-state index contributed by atoms with van der Waals surface area (Å²) < 4.78 is 7.10. The Balaban J connectivity index is 1.86. The van der Waals surface area contributed by atoms with Gasteiger partial charge in [-0.15, -0.1) is 0 Å². The number of carbonyl (C=O) groups is 2. The average molecular weight is 419 g/mol. The third kappa shape index (κ3) is 4.72. The first kappa shape index (κ1) is 22.0. The topological polar surface area (TPSA) is 101 Å². The Bertz CT molecular complexity index is 1130. The first-order valence-corrected chi connectivity index (χ1v) is 10.1. The van der Waals surface area contributed by atoms with E-state index in [1.807, 2.05) is 39.8 Å². The number of rotatable bonds is 7. The van der Waals surface area contributed by atoms with Gasteiger partial charge in [0.25, 0.3) is 5.91 Å². The van der Waals surface area contributed by atoms with Gasteiger partial charge in [-0.2, -0.15) is 10.4 Å². The molecule has 0 aliphatic heterocycles. The van der Waals surface area contributed by atoms with Gasteiger partial charge in [-0.05, 0) is 38.0 Å². The maximum atomic E-state index is 12.9. The van der Waals surface area contributed by atoms with E-state index in [2.05, 4.69) is 10.1 Å². The molecule has 2 heterocycles. The van der Waals surface area contributed by atoms with Gasteiger partial charge in [-0.1, -0.05) is 32.0 Å². The second-order valence-electron chi connectivity index (χ2n) is 7.72. The highest BCUT2D eigenvalue weighted by Gasteiger charge is 2.22. The quantitative estimate of drug-likeness (QED) is 0.426. The highest BCUT2D eigenvalue weighted by Crippen LogP contribution is 2.25. The van der Waals surface area contributed by atoms with Crippen LogP contribution in [0.4, 0.5) is 5.69 Å². The molecule has 31 heavy (non-hydrogen) atoms. The van der Waals surface area contributed by atoms with Crippen LogP contribution in [0.15, 0.2) is 42.6 Å². The number of hydrogen-bond donors (Lipinski definition) is 0. The van der Waals surface area contributed by atoms with Crippen LogP contribution in [-0.4, -0.2) is 39.8 Å². The fourth-order valence-electron chi connectivity index (χ4n) is 3.17. The summed E-state index contributed by atoms with van der Waals surface area (Å²) >= 11 is 0. The molecule has 160 valence electrons. The molecule has 0 saturated heterocycles. The van der Waals surface area contributed by atoms with Crippen molar-refractivity contribution in [3.63, 3.8) is 0 Å². The fraction of sp³-hybridized carbons (Fsp3) is 0.348. The first-order valence-electron chi connectivity index (χ1n) is 10.1. The van der Waals surface area contributed by atoms with Crippen molar-refractivity contribution in [3.8, 4) is 6.07 Å². The monoisotopic (exact) mass is 419 g/mol. The summed E-state index contributed by atoms with van der Waals surface area (Å²) in [6.45, 7) is 7.33. The highest BCUT2D eigenvalue weighted by atomic mass is 16.5. The van der Waals surface area contributed by atoms with Crippen molar-refractivity contribution in [1.29, 1.82) is 5.26 Å². The number of nitrogens with zero attached hydrogens (tertiary/aromatic N) is 5.